The summed E-state index contributed by atoms with van der Waals surface area (Å²) in [5.41, 5.74) is 7.18. The van der Waals surface area contributed by atoms with E-state index in [2.05, 4.69) is 61.9 Å². The average molecular weight is 438 g/mol. The molecule has 1 saturated heterocycles. The van der Waals surface area contributed by atoms with Crippen molar-refractivity contribution in [2.45, 2.75) is 49.5 Å². The molecule has 0 saturated carbocycles. The molecule has 0 unspecified atom stereocenters. The van der Waals surface area contributed by atoms with Gasteiger partial charge in [0.05, 0.1) is 5.70 Å². The van der Waals surface area contributed by atoms with Crippen molar-refractivity contribution in [2.75, 3.05) is 24.7 Å². The molecule has 2 N–H and O–H groups in total. The fourth-order valence-corrected chi connectivity index (χ4v) is 4.47. The Labute approximate surface area is 189 Å². The average Bonchev–Trinajstić information content (AvgIpc) is 3.17. The zero-order valence-electron chi connectivity index (χ0n) is 18.7. The van der Waals surface area contributed by atoms with Gasteiger partial charge >= 0.3 is 6.03 Å². The lowest BCUT2D eigenvalue weighted by atomic mass is 9.86. The van der Waals surface area contributed by atoms with Gasteiger partial charge in [0.15, 0.2) is 0 Å². The van der Waals surface area contributed by atoms with E-state index in [1.54, 1.807) is 11.8 Å². The van der Waals surface area contributed by atoms with Crippen molar-refractivity contribution >= 4 is 29.2 Å². The second kappa shape index (κ2) is 8.60. The van der Waals surface area contributed by atoms with Gasteiger partial charge in [0.25, 0.3) is 0 Å². The van der Waals surface area contributed by atoms with Crippen LogP contribution in [0.4, 0.5) is 10.5 Å². The minimum Gasteiger partial charge on any atom is -0.324 e. The van der Waals surface area contributed by atoms with Gasteiger partial charge in [0.2, 0.25) is 0 Å². The molecule has 1 fully saturated rings. The number of urea groups is 1. The Morgan fingerprint density at radius 2 is 1.84 bits per heavy atom. The van der Waals surface area contributed by atoms with Crippen LogP contribution >= 0.6 is 11.8 Å². The number of nitrogens with zero attached hydrogens (tertiary/aromatic N) is 1. The first-order valence-corrected chi connectivity index (χ1v) is 12.0. The minimum atomic E-state index is -0.354. The third kappa shape index (κ3) is 4.91. The highest BCUT2D eigenvalue weighted by atomic mass is 32.2. The summed E-state index contributed by atoms with van der Waals surface area (Å²) in [6, 6.07) is 16.5. The van der Waals surface area contributed by atoms with Crippen molar-refractivity contribution in [3.63, 3.8) is 0 Å². The maximum absolute atomic E-state index is 12.7. The number of amides is 2. The number of thioether (sulfide) groups is 1. The minimum absolute atomic E-state index is 0.0546. The molecule has 0 radical (unpaired) electrons. The SMILES string of the molecule is CSc1cccc(NC(=O)N2CCC3(C=C(c4ccc(C(C)(C)C)cc4)NO3)CC2)c1. The first-order chi connectivity index (χ1) is 14.8. The highest BCUT2D eigenvalue weighted by Gasteiger charge is 2.40. The molecule has 2 amide bonds. The predicted octanol–water partition coefficient (Wildman–Crippen LogP) is 5.65. The number of benzene rings is 2. The maximum Gasteiger partial charge on any atom is 0.321 e. The molecular formula is C25H31N3O2S. The number of piperidine rings is 1. The largest absolute Gasteiger partial charge is 0.324 e. The number of anilines is 1. The summed E-state index contributed by atoms with van der Waals surface area (Å²) in [5, 5.41) is 3.02. The van der Waals surface area contributed by atoms with Gasteiger partial charge in [-0.25, -0.2) is 4.79 Å². The molecule has 0 aliphatic carbocycles. The molecule has 0 bridgehead atoms. The third-order valence-electron chi connectivity index (χ3n) is 6.05. The van der Waals surface area contributed by atoms with Gasteiger partial charge in [0.1, 0.15) is 5.60 Å². The summed E-state index contributed by atoms with van der Waals surface area (Å²) >= 11 is 1.66. The van der Waals surface area contributed by atoms with Crippen LogP contribution in [0.3, 0.4) is 0 Å². The molecule has 2 aliphatic heterocycles. The van der Waals surface area contributed by atoms with E-state index >= 15 is 0 Å². The molecule has 2 aromatic carbocycles. The summed E-state index contributed by atoms with van der Waals surface area (Å²) in [6.07, 6.45) is 5.75. The van der Waals surface area contributed by atoms with Crippen molar-refractivity contribution in [3.05, 3.63) is 65.7 Å². The molecule has 5 nitrogen and oxygen atoms in total. The summed E-state index contributed by atoms with van der Waals surface area (Å²) < 4.78 is 0. The normalized spacial score (nSPS) is 17.9. The zero-order valence-corrected chi connectivity index (χ0v) is 19.5. The lowest BCUT2D eigenvalue weighted by Gasteiger charge is -2.36. The summed E-state index contributed by atoms with van der Waals surface area (Å²) in [4.78, 5) is 21.7. The van der Waals surface area contributed by atoms with E-state index in [4.69, 9.17) is 4.84 Å². The summed E-state index contributed by atoms with van der Waals surface area (Å²) in [7, 11) is 0. The van der Waals surface area contributed by atoms with Crippen LogP contribution in [0.25, 0.3) is 5.70 Å². The fourth-order valence-electron chi connectivity index (χ4n) is 4.01. The molecule has 31 heavy (non-hydrogen) atoms. The van der Waals surface area contributed by atoms with Gasteiger partial charge in [0, 0.05) is 36.5 Å². The van der Waals surface area contributed by atoms with E-state index in [9.17, 15) is 4.79 Å². The number of hydrogen-bond donors (Lipinski definition) is 2. The number of hydrogen-bond acceptors (Lipinski definition) is 4. The Hall–Kier alpha value is -2.44. The Morgan fingerprint density at radius 3 is 2.48 bits per heavy atom. The molecular weight excluding hydrogens is 406 g/mol. The molecule has 2 aliphatic rings. The van der Waals surface area contributed by atoms with E-state index < -0.39 is 0 Å². The van der Waals surface area contributed by atoms with Crippen LogP contribution in [0.15, 0.2) is 59.5 Å². The summed E-state index contributed by atoms with van der Waals surface area (Å²) in [5.74, 6) is 0. The Balaban J connectivity index is 1.37. The molecule has 1 spiro atoms. The number of carbonyl (C=O) groups excluding carboxylic acids is 1. The number of nitrogens with one attached hydrogen (secondary N) is 2. The highest BCUT2D eigenvalue weighted by Crippen LogP contribution is 2.35. The van der Waals surface area contributed by atoms with E-state index in [1.807, 2.05) is 35.4 Å². The highest BCUT2D eigenvalue weighted by molar-refractivity contribution is 7.98. The first kappa shape index (κ1) is 21.8. The van der Waals surface area contributed by atoms with Crippen LogP contribution < -0.4 is 10.8 Å². The van der Waals surface area contributed by atoms with E-state index in [0.29, 0.717) is 13.1 Å². The van der Waals surface area contributed by atoms with E-state index in [-0.39, 0.29) is 17.0 Å². The predicted molar refractivity (Wildman–Crippen MR) is 128 cm³/mol. The number of likely N-dealkylation sites (tertiary alicyclic amines) is 1. The second-order valence-corrected chi connectivity index (χ2v) is 10.2. The molecule has 164 valence electrons. The Bertz CT molecular complexity index is 971. The van der Waals surface area contributed by atoms with Crippen molar-refractivity contribution in [1.29, 1.82) is 0 Å². The van der Waals surface area contributed by atoms with Crippen LogP contribution in [-0.2, 0) is 10.3 Å². The lowest BCUT2D eigenvalue weighted by Crippen LogP contribution is -2.48. The van der Waals surface area contributed by atoms with E-state index in [0.717, 1.165) is 34.7 Å². The van der Waals surface area contributed by atoms with Crippen LogP contribution in [0.2, 0.25) is 0 Å². The van der Waals surface area contributed by atoms with Gasteiger partial charge < -0.3 is 10.2 Å². The molecule has 0 aromatic heterocycles. The first-order valence-electron chi connectivity index (χ1n) is 10.8. The third-order valence-corrected chi connectivity index (χ3v) is 6.78. The quantitative estimate of drug-likeness (QED) is 0.610. The molecule has 6 heteroatoms. The van der Waals surface area contributed by atoms with Crippen molar-refractivity contribution < 1.29 is 9.63 Å². The van der Waals surface area contributed by atoms with Crippen LogP contribution in [0, 0.1) is 0 Å². The number of rotatable bonds is 3. The second-order valence-electron chi connectivity index (χ2n) is 9.30. The monoisotopic (exact) mass is 437 g/mol. The molecule has 4 rings (SSSR count). The van der Waals surface area contributed by atoms with Crippen molar-refractivity contribution in [2.24, 2.45) is 0 Å². The van der Waals surface area contributed by atoms with Gasteiger partial charge in [-0.1, -0.05) is 51.1 Å². The Kier molecular flexibility index (Phi) is 6.04. The lowest BCUT2D eigenvalue weighted by molar-refractivity contribution is -0.0634. The van der Waals surface area contributed by atoms with Crippen molar-refractivity contribution in [3.8, 4) is 0 Å². The molecule has 0 atom stereocenters. The fraction of sp³-hybridized carbons (Fsp3) is 0.400. The summed E-state index contributed by atoms with van der Waals surface area (Å²) in [6.45, 7) is 7.97. The molecule has 2 heterocycles. The molecule has 2 aromatic rings. The van der Waals surface area contributed by atoms with Gasteiger partial charge in [-0.05, 0) is 47.1 Å². The number of carbonyl (C=O) groups is 1. The topological polar surface area (TPSA) is 53.6 Å². The zero-order chi connectivity index (χ0) is 22.1. The van der Waals surface area contributed by atoms with Gasteiger partial charge in [-0.2, -0.15) is 0 Å². The van der Waals surface area contributed by atoms with Crippen molar-refractivity contribution in [1.82, 2.24) is 10.4 Å². The van der Waals surface area contributed by atoms with Crippen LogP contribution in [0.5, 0.6) is 0 Å². The standard InChI is InChI=1S/C25H31N3O2S/c1-24(2,3)19-10-8-18(9-11-19)22-17-25(30-27-22)12-14-28(15-13-25)23(29)26-20-6-5-7-21(16-20)31-4/h5-11,16-17,27H,12-15H2,1-4H3,(H,26,29). The maximum atomic E-state index is 12.7. The van der Waals surface area contributed by atoms with E-state index in [1.165, 1.54) is 5.56 Å². The van der Waals surface area contributed by atoms with Gasteiger partial charge in [-0.3, -0.25) is 10.3 Å². The van der Waals surface area contributed by atoms with Gasteiger partial charge in [-0.15, -0.1) is 11.8 Å². The van der Waals surface area contributed by atoms with Crippen LogP contribution in [-0.4, -0.2) is 35.9 Å². The smallest absolute Gasteiger partial charge is 0.321 e. The van der Waals surface area contributed by atoms with Crippen LogP contribution in [0.1, 0.15) is 44.7 Å². The number of hydroxylamine groups is 1. The Morgan fingerprint density at radius 1 is 1.13 bits per heavy atom.